The number of fused-ring (bicyclic) bond motifs is 5. The van der Waals surface area contributed by atoms with Gasteiger partial charge in [0.25, 0.3) is 5.78 Å². The lowest BCUT2D eigenvalue weighted by Gasteiger charge is -2.03. The number of benzene rings is 2. The maximum absolute atomic E-state index is 4.24. The lowest BCUT2D eigenvalue weighted by atomic mass is 10.1. The van der Waals surface area contributed by atoms with Crippen LogP contribution < -0.4 is 0 Å². The Kier molecular flexibility index (Phi) is 1.50. The van der Waals surface area contributed by atoms with Crippen molar-refractivity contribution in [1.82, 2.24) is 24.8 Å². The standard InChI is InChI=1S/C12H7N5/c1-2-4-9-8(3-1)5-6-10-11(9)14-16-12-15-13-7-17(10)12/h1-7H. The van der Waals surface area contributed by atoms with E-state index in [0.29, 0.717) is 5.78 Å². The zero-order valence-corrected chi connectivity index (χ0v) is 8.78. The van der Waals surface area contributed by atoms with E-state index in [1.807, 2.05) is 28.7 Å². The molecule has 0 N–H and O–H groups in total. The zero-order chi connectivity index (χ0) is 11.2. The molecule has 0 aliphatic rings. The first-order chi connectivity index (χ1) is 8.43. The Hall–Kier alpha value is -2.56. The highest BCUT2D eigenvalue weighted by molar-refractivity contribution is 6.03. The number of hydrogen-bond acceptors (Lipinski definition) is 4. The minimum Gasteiger partial charge on any atom is -0.263 e. The van der Waals surface area contributed by atoms with Crippen LogP contribution in [-0.4, -0.2) is 24.8 Å². The van der Waals surface area contributed by atoms with Crippen molar-refractivity contribution in [2.75, 3.05) is 0 Å². The quantitative estimate of drug-likeness (QED) is 0.425. The van der Waals surface area contributed by atoms with Gasteiger partial charge in [0.05, 0.1) is 5.52 Å². The topological polar surface area (TPSA) is 56.0 Å². The van der Waals surface area contributed by atoms with Crippen LogP contribution in [0.25, 0.3) is 27.6 Å². The predicted molar refractivity (Wildman–Crippen MR) is 63.6 cm³/mol. The van der Waals surface area contributed by atoms with Crippen LogP contribution in [0.15, 0.2) is 42.7 Å². The highest BCUT2D eigenvalue weighted by Crippen LogP contribution is 2.22. The van der Waals surface area contributed by atoms with Gasteiger partial charge in [0.15, 0.2) is 0 Å². The summed E-state index contributed by atoms with van der Waals surface area (Å²) in [6.45, 7) is 0. The molecule has 2 heterocycles. The molecule has 0 bridgehead atoms. The summed E-state index contributed by atoms with van der Waals surface area (Å²) in [6, 6.07) is 12.2. The van der Waals surface area contributed by atoms with E-state index in [1.54, 1.807) is 6.33 Å². The van der Waals surface area contributed by atoms with Gasteiger partial charge in [-0.25, -0.2) is 0 Å². The van der Waals surface area contributed by atoms with Gasteiger partial charge in [-0.2, -0.15) is 0 Å². The van der Waals surface area contributed by atoms with Gasteiger partial charge in [-0.1, -0.05) is 30.3 Å². The molecule has 2 aromatic carbocycles. The highest BCUT2D eigenvalue weighted by Gasteiger charge is 2.06. The Balaban J connectivity index is 2.34. The van der Waals surface area contributed by atoms with Gasteiger partial charge < -0.3 is 0 Å². The van der Waals surface area contributed by atoms with Crippen LogP contribution in [0.3, 0.4) is 0 Å². The van der Waals surface area contributed by atoms with Gasteiger partial charge in [-0.15, -0.1) is 20.4 Å². The van der Waals surface area contributed by atoms with Gasteiger partial charge in [0.2, 0.25) is 0 Å². The van der Waals surface area contributed by atoms with Crippen LogP contribution in [0.1, 0.15) is 0 Å². The van der Waals surface area contributed by atoms with Gasteiger partial charge in [-0.3, -0.25) is 4.40 Å². The van der Waals surface area contributed by atoms with E-state index >= 15 is 0 Å². The van der Waals surface area contributed by atoms with Crippen LogP contribution in [0.5, 0.6) is 0 Å². The van der Waals surface area contributed by atoms with Crippen LogP contribution in [0.2, 0.25) is 0 Å². The first-order valence-electron chi connectivity index (χ1n) is 5.27. The number of nitrogens with zero attached hydrogens (tertiary/aromatic N) is 5. The van der Waals surface area contributed by atoms with E-state index in [-0.39, 0.29) is 0 Å². The molecular weight excluding hydrogens is 214 g/mol. The third-order valence-corrected chi connectivity index (χ3v) is 2.91. The van der Waals surface area contributed by atoms with Crippen molar-refractivity contribution in [3.63, 3.8) is 0 Å². The van der Waals surface area contributed by atoms with Crippen molar-refractivity contribution in [2.24, 2.45) is 0 Å². The fraction of sp³-hybridized carbons (Fsp3) is 0. The average molecular weight is 221 g/mol. The molecule has 0 fully saturated rings. The second kappa shape index (κ2) is 2.98. The van der Waals surface area contributed by atoms with Crippen molar-refractivity contribution >= 4 is 27.6 Å². The van der Waals surface area contributed by atoms with Gasteiger partial charge in [-0.05, 0) is 11.5 Å². The van der Waals surface area contributed by atoms with Gasteiger partial charge in [0, 0.05) is 5.39 Å². The third-order valence-electron chi connectivity index (χ3n) is 2.91. The Bertz CT molecular complexity index is 849. The van der Waals surface area contributed by atoms with Crippen molar-refractivity contribution in [2.45, 2.75) is 0 Å². The summed E-state index contributed by atoms with van der Waals surface area (Å²) in [5.74, 6) is 0.521. The molecule has 0 radical (unpaired) electrons. The summed E-state index contributed by atoms with van der Waals surface area (Å²) in [7, 11) is 0. The summed E-state index contributed by atoms with van der Waals surface area (Å²) < 4.78 is 1.84. The molecule has 0 atom stereocenters. The van der Waals surface area contributed by atoms with Crippen molar-refractivity contribution in [1.29, 1.82) is 0 Å². The van der Waals surface area contributed by atoms with Crippen LogP contribution >= 0.6 is 0 Å². The zero-order valence-electron chi connectivity index (χ0n) is 8.78. The Morgan fingerprint density at radius 2 is 1.82 bits per heavy atom. The lowest BCUT2D eigenvalue weighted by Crippen LogP contribution is -1.94. The van der Waals surface area contributed by atoms with E-state index in [1.165, 1.54) is 0 Å². The molecule has 4 aromatic rings. The van der Waals surface area contributed by atoms with E-state index in [9.17, 15) is 0 Å². The molecule has 0 aliphatic heterocycles. The molecule has 0 aliphatic carbocycles. The molecule has 5 nitrogen and oxygen atoms in total. The van der Waals surface area contributed by atoms with Gasteiger partial charge >= 0.3 is 0 Å². The molecule has 0 amide bonds. The fourth-order valence-electron chi connectivity index (χ4n) is 2.10. The Morgan fingerprint density at radius 3 is 2.82 bits per heavy atom. The van der Waals surface area contributed by atoms with Crippen molar-refractivity contribution < 1.29 is 0 Å². The van der Waals surface area contributed by atoms with E-state index in [2.05, 4.69) is 32.5 Å². The number of rotatable bonds is 0. The first-order valence-corrected chi connectivity index (χ1v) is 5.27. The maximum atomic E-state index is 4.24. The van der Waals surface area contributed by atoms with E-state index in [4.69, 9.17) is 0 Å². The number of aromatic nitrogens is 5. The molecule has 0 saturated heterocycles. The smallest absolute Gasteiger partial charge is 0.263 e. The van der Waals surface area contributed by atoms with Gasteiger partial charge in [0.1, 0.15) is 11.8 Å². The molecule has 17 heavy (non-hydrogen) atoms. The molecule has 80 valence electrons. The normalized spacial score (nSPS) is 11.5. The second-order valence-corrected chi connectivity index (χ2v) is 3.86. The second-order valence-electron chi connectivity index (χ2n) is 3.86. The lowest BCUT2D eigenvalue weighted by molar-refractivity contribution is 1.02. The number of hydrogen-bond donors (Lipinski definition) is 0. The first kappa shape index (κ1) is 8.58. The molecule has 5 heteroatoms. The summed E-state index contributed by atoms with van der Waals surface area (Å²) >= 11 is 0. The fourth-order valence-corrected chi connectivity index (χ4v) is 2.10. The minimum absolute atomic E-state index is 0.521. The summed E-state index contributed by atoms with van der Waals surface area (Å²) in [5, 5.41) is 18.3. The monoisotopic (exact) mass is 221 g/mol. The average Bonchev–Trinajstić information content (AvgIpc) is 2.86. The predicted octanol–water partition coefficient (Wildman–Crippen LogP) is 1.83. The Morgan fingerprint density at radius 1 is 0.882 bits per heavy atom. The van der Waals surface area contributed by atoms with Crippen LogP contribution in [-0.2, 0) is 0 Å². The third kappa shape index (κ3) is 1.08. The molecule has 0 spiro atoms. The largest absolute Gasteiger partial charge is 0.274 e. The highest BCUT2D eigenvalue weighted by atomic mass is 15.3. The molecular formula is C12H7N5. The molecule has 0 unspecified atom stereocenters. The van der Waals surface area contributed by atoms with Crippen LogP contribution in [0.4, 0.5) is 0 Å². The van der Waals surface area contributed by atoms with Crippen molar-refractivity contribution in [3.8, 4) is 0 Å². The molecule has 4 rings (SSSR count). The Labute approximate surface area is 95.7 Å². The molecule has 2 aromatic heterocycles. The summed E-state index contributed by atoms with van der Waals surface area (Å²) in [4.78, 5) is 0. The maximum Gasteiger partial charge on any atom is 0.274 e. The van der Waals surface area contributed by atoms with Crippen molar-refractivity contribution in [3.05, 3.63) is 42.7 Å². The van der Waals surface area contributed by atoms with E-state index < -0.39 is 0 Å². The summed E-state index contributed by atoms with van der Waals surface area (Å²) in [5.41, 5.74) is 1.84. The summed E-state index contributed by atoms with van der Waals surface area (Å²) in [6.07, 6.45) is 1.65. The van der Waals surface area contributed by atoms with Crippen LogP contribution in [0, 0.1) is 0 Å². The SMILES string of the molecule is c1ccc2c(c1)ccc1c2nnc2nncn21. The molecule has 0 saturated carbocycles. The van der Waals surface area contributed by atoms with E-state index in [0.717, 1.165) is 21.8 Å². The minimum atomic E-state index is 0.521.